The fraction of sp³-hybridized carbons (Fsp3) is 0.273. The molecule has 1 atom stereocenters. The first kappa shape index (κ1) is 17.3. The third-order valence-electron chi connectivity index (χ3n) is 4.92. The van der Waals surface area contributed by atoms with Gasteiger partial charge in [0.1, 0.15) is 5.58 Å². The van der Waals surface area contributed by atoms with Crippen molar-refractivity contribution in [1.82, 2.24) is 0 Å². The van der Waals surface area contributed by atoms with Crippen molar-refractivity contribution in [3.05, 3.63) is 65.4 Å². The maximum atomic E-state index is 12.3. The molecule has 0 saturated carbocycles. The third-order valence-corrected chi connectivity index (χ3v) is 4.92. The highest BCUT2D eigenvalue weighted by Gasteiger charge is 2.21. The van der Waals surface area contributed by atoms with E-state index in [2.05, 4.69) is 17.4 Å². The number of benzene rings is 2. The van der Waals surface area contributed by atoms with E-state index in [1.54, 1.807) is 25.3 Å². The van der Waals surface area contributed by atoms with E-state index in [0.717, 1.165) is 35.8 Å². The molecule has 0 aliphatic heterocycles. The van der Waals surface area contributed by atoms with Crippen LogP contribution in [-0.2, 0) is 33.6 Å². The van der Waals surface area contributed by atoms with Gasteiger partial charge in [-0.15, -0.1) is 0 Å². The summed E-state index contributed by atoms with van der Waals surface area (Å²) in [6, 6.07) is 13.3. The van der Waals surface area contributed by atoms with Crippen molar-refractivity contribution in [2.24, 2.45) is 0 Å². The number of ether oxygens (including phenoxy) is 1. The lowest BCUT2D eigenvalue weighted by Gasteiger charge is -2.13. The summed E-state index contributed by atoms with van der Waals surface area (Å²) < 4.78 is 10.9. The van der Waals surface area contributed by atoms with Crippen LogP contribution in [0.1, 0.15) is 30.0 Å². The number of carbonyl (C=O) groups is 2. The number of furan rings is 1. The third kappa shape index (κ3) is 3.72. The Kier molecular flexibility index (Phi) is 4.67. The predicted octanol–water partition coefficient (Wildman–Crippen LogP) is 4.03. The average Bonchev–Trinajstić information content (AvgIpc) is 3.27. The van der Waals surface area contributed by atoms with Gasteiger partial charge < -0.3 is 14.5 Å². The predicted molar refractivity (Wildman–Crippen MR) is 103 cm³/mol. The van der Waals surface area contributed by atoms with Gasteiger partial charge in [-0.1, -0.05) is 18.2 Å². The number of rotatable bonds is 5. The molecule has 3 aromatic rings. The highest BCUT2D eigenvalue weighted by Crippen LogP contribution is 2.30. The van der Waals surface area contributed by atoms with E-state index in [9.17, 15) is 9.59 Å². The lowest BCUT2D eigenvalue weighted by Crippen LogP contribution is -2.30. The Labute approximate surface area is 157 Å². The van der Waals surface area contributed by atoms with Crippen molar-refractivity contribution in [3.63, 3.8) is 0 Å². The van der Waals surface area contributed by atoms with E-state index in [0.29, 0.717) is 5.69 Å². The van der Waals surface area contributed by atoms with Gasteiger partial charge >= 0.3 is 5.97 Å². The van der Waals surface area contributed by atoms with Crippen LogP contribution in [0.25, 0.3) is 11.0 Å². The van der Waals surface area contributed by atoms with E-state index in [-0.39, 0.29) is 12.3 Å². The summed E-state index contributed by atoms with van der Waals surface area (Å²) >= 11 is 0. The molecule has 1 aliphatic carbocycles. The number of anilines is 1. The van der Waals surface area contributed by atoms with Crippen LogP contribution in [0.4, 0.5) is 5.69 Å². The maximum Gasteiger partial charge on any atom is 0.311 e. The number of aryl methyl sites for hydroxylation is 2. The molecule has 5 nitrogen and oxygen atoms in total. The Morgan fingerprint density at radius 3 is 2.67 bits per heavy atom. The van der Waals surface area contributed by atoms with Crippen LogP contribution < -0.4 is 5.32 Å². The van der Waals surface area contributed by atoms with Crippen molar-refractivity contribution in [2.75, 3.05) is 5.32 Å². The Morgan fingerprint density at radius 1 is 1.15 bits per heavy atom. The molecule has 0 bridgehead atoms. The summed E-state index contributed by atoms with van der Waals surface area (Å²) in [5.41, 5.74) is 4.92. The van der Waals surface area contributed by atoms with E-state index >= 15 is 0 Å². The molecule has 0 radical (unpaired) electrons. The van der Waals surface area contributed by atoms with E-state index in [4.69, 9.17) is 9.15 Å². The van der Waals surface area contributed by atoms with Crippen LogP contribution in [-0.4, -0.2) is 18.0 Å². The molecule has 27 heavy (non-hydrogen) atoms. The van der Waals surface area contributed by atoms with Crippen molar-refractivity contribution in [2.45, 2.75) is 38.7 Å². The number of esters is 1. The van der Waals surface area contributed by atoms with Gasteiger partial charge in [-0.25, -0.2) is 0 Å². The summed E-state index contributed by atoms with van der Waals surface area (Å²) in [7, 11) is 0. The van der Waals surface area contributed by atoms with Crippen molar-refractivity contribution in [3.8, 4) is 0 Å². The monoisotopic (exact) mass is 363 g/mol. The molecular weight excluding hydrogens is 342 g/mol. The van der Waals surface area contributed by atoms with Gasteiger partial charge in [-0.05, 0) is 61.6 Å². The number of para-hydroxylation sites is 1. The number of nitrogens with one attached hydrogen (secondary N) is 1. The molecule has 2 aromatic carbocycles. The lowest BCUT2D eigenvalue weighted by atomic mass is 10.0. The molecular formula is C22H21NO4. The maximum absolute atomic E-state index is 12.3. The Hall–Kier alpha value is -3.08. The van der Waals surface area contributed by atoms with Gasteiger partial charge in [0.15, 0.2) is 6.10 Å². The molecule has 138 valence electrons. The normalized spacial score (nSPS) is 14.0. The zero-order valence-corrected chi connectivity index (χ0v) is 15.2. The number of carbonyl (C=O) groups excluding carboxylic acids is 2. The zero-order chi connectivity index (χ0) is 18.8. The van der Waals surface area contributed by atoms with Crippen LogP contribution in [0.3, 0.4) is 0 Å². The Morgan fingerprint density at radius 2 is 1.89 bits per heavy atom. The van der Waals surface area contributed by atoms with Crippen LogP contribution in [0.15, 0.2) is 53.1 Å². The minimum atomic E-state index is -0.875. The topological polar surface area (TPSA) is 68.5 Å². The van der Waals surface area contributed by atoms with Gasteiger partial charge in [0, 0.05) is 16.6 Å². The minimum Gasteiger partial charge on any atom is -0.464 e. The molecule has 4 rings (SSSR count). The molecule has 1 aromatic heterocycles. The fourth-order valence-corrected chi connectivity index (χ4v) is 3.50. The van der Waals surface area contributed by atoms with Gasteiger partial charge in [-0.3, -0.25) is 9.59 Å². The molecule has 1 amide bonds. The van der Waals surface area contributed by atoms with Crippen LogP contribution >= 0.6 is 0 Å². The van der Waals surface area contributed by atoms with Crippen LogP contribution in [0, 0.1) is 0 Å². The number of amides is 1. The minimum absolute atomic E-state index is 0.0781. The molecule has 1 aliphatic rings. The molecule has 0 unspecified atom stereocenters. The zero-order valence-electron chi connectivity index (χ0n) is 15.2. The number of fused-ring (bicyclic) bond motifs is 2. The lowest BCUT2D eigenvalue weighted by molar-refractivity contribution is -0.152. The summed E-state index contributed by atoms with van der Waals surface area (Å²) in [4.78, 5) is 24.5. The van der Waals surface area contributed by atoms with Gasteiger partial charge in [0.25, 0.3) is 5.91 Å². The first-order valence-electron chi connectivity index (χ1n) is 9.17. The first-order valence-corrected chi connectivity index (χ1v) is 9.17. The molecule has 0 saturated heterocycles. The van der Waals surface area contributed by atoms with Crippen molar-refractivity contribution >= 4 is 28.5 Å². The van der Waals surface area contributed by atoms with Gasteiger partial charge in [-0.2, -0.15) is 0 Å². The van der Waals surface area contributed by atoms with Crippen LogP contribution in [0.5, 0.6) is 0 Å². The Balaban J connectivity index is 1.40. The molecule has 1 N–H and O–H groups in total. The van der Waals surface area contributed by atoms with Crippen molar-refractivity contribution in [1.29, 1.82) is 0 Å². The molecule has 0 spiro atoms. The fourth-order valence-electron chi connectivity index (χ4n) is 3.50. The quantitative estimate of drug-likeness (QED) is 0.695. The van der Waals surface area contributed by atoms with Gasteiger partial charge in [0.05, 0.1) is 12.7 Å². The van der Waals surface area contributed by atoms with Crippen LogP contribution in [0.2, 0.25) is 0 Å². The van der Waals surface area contributed by atoms with Gasteiger partial charge in [0.2, 0.25) is 0 Å². The molecule has 0 fully saturated rings. The second-order valence-electron chi connectivity index (χ2n) is 6.90. The SMILES string of the molecule is C[C@@H](OC(=O)Cc1coc2cc3c(cc12)CCC3)C(=O)Nc1ccccc1. The first-order chi connectivity index (χ1) is 13.1. The number of hydrogen-bond donors (Lipinski definition) is 1. The molecule has 1 heterocycles. The summed E-state index contributed by atoms with van der Waals surface area (Å²) in [6.07, 6.45) is 4.12. The Bertz CT molecular complexity index is 990. The largest absolute Gasteiger partial charge is 0.464 e. The molecule has 5 heteroatoms. The van der Waals surface area contributed by atoms with Crippen molar-refractivity contribution < 1.29 is 18.7 Å². The number of hydrogen-bond acceptors (Lipinski definition) is 4. The van der Waals surface area contributed by atoms with E-state index in [1.807, 2.05) is 18.2 Å². The second kappa shape index (κ2) is 7.27. The summed E-state index contributed by atoms with van der Waals surface area (Å²) in [6.45, 7) is 1.57. The second-order valence-corrected chi connectivity index (χ2v) is 6.90. The van der Waals surface area contributed by atoms with E-state index in [1.165, 1.54) is 11.1 Å². The highest BCUT2D eigenvalue weighted by atomic mass is 16.5. The summed E-state index contributed by atoms with van der Waals surface area (Å²) in [5, 5.41) is 3.68. The highest BCUT2D eigenvalue weighted by molar-refractivity contribution is 5.95. The van der Waals surface area contributed by atoms with E-state index < -0.39 is 12.1 Å². The smallest absolute Gasteiger partial charge is 0.311 e. The standard InChI is InChI=1S/C22H21NO4/c1-14(22(25)23-18-8-3-2-4-9-18)27-21(24)12-17-13-26-20-11-16-7-5-6-15(16)10-19(17)20/h2-4,8-11,13-14H,5-7,12H2,1H3,(H,23,25)/t14-/m1/s1. The average molecular weight is 363 g/mol. The summed E-state index contributed by atoms with van der Waals surface area (Å²) in [5.74, 6) is -0.807.